The van der Waals surface area contributed by atoms with Crippen LogP contribution in [-0.4, -0.2) is 22.0 Å². The van der Waals surface area contributed by atoms with Crippen molar-refractivity contribution < 1.29 is 4.84 Å². The molecule has 0 amide bonds. The maximum Gasteiger partial charge on any atom is 0.127 e. The third-order valence-corrected chi connectivity index (χ3v) is 3.48. The number of aromatic nitrogens is 2. The number of aryl methyl sites for hydroxylation is 1. The van der Waals surface area contributed by atoms with Crippen molar-refractivity contribution in [3.05, 3.63) is 17.5 Å². The first-order valence-electron chi connectivity index (χ1n) is 6.19. The van der Waals surface area contributed by atoms with Gasteiger partial charge in [0, 0.05) is 11.3 Å². The number of hydrogen-bond acceptors (Lipinski definition) is 3. The second kappa shape index (κ2) is 4.28. The molecule has 1 aromatic heterocycles. The van der Waals surface area contributed by atoms with Crippen molar-refractivity contribution in [2.75, 3.05) is 0 Å². The van der Waals surface area contributed by atoms with Gasteiger partial charge in [-0.1, -0.05) is 5.16 Å². The lowest BCUT2D eigenvalue weighted by molar-refractivity contribution is 0.0640. The Morgan fingerprint density at radius 3 is 3.00 bits per heavy atom. The second-order valence-electron chi connectivity index (χ2n) is 4.67. The van der Waals surface area contributed by atoms with E-state index in [1.54, 1.807) is 0 Å². The van der Waals surface area contributed by atoms with Gasteiger partial charge in [0.15, 0.2) is 0 Å². The first-order valence-corrected chi connectivity index (χ1v) is 6.19. The fourth-order valence-corrected chi connectivity index (χ4v) is 2.55. The van der Waals surface area contributed by atoms with Gasteiger partial charge in [0.1, 0.15) is 6.10 Å². The number of nitrogens with one attached hydrogen (secondary N) is 1. The van der Waals surface area contributed by atoms with E-state index in [2.05, 4.69) is 15.4 Å². The molecular weight excluding hydrogens is 202 g/mol. The summed E-state index contributed by atoms with van der Waals surface area (Å²) in [4.78, 5) is 5.61. The monoisotopic (exact) mass is 219 g/mol. The van der Waals surface area contributed by atoms with Crippen LogP contribution in [0.3, 0.4) is 0 Å². The molecule has 1 heterocycles. The van der Waals surface area contributed by atoms with Crippen LogP contribution in [0, 0.1) is 0 Å². The first kappa shape index (κ1) is 9.87. The number of rotatable bonds is 2. The van der Waals surface area contributed by atoms with Gasteiger partial charge in [-0.15, -0.1) is 0 Å². The van der Waals surface area contributed by atoms with Gasteiger partial charge >= 0.3 is 0 Å². The van der Waals surface area contributed by atoms with Gasteiger partial charge < -0.3 is 4.84 Å². The summed E-state index contributed by atoms with van der Waals surface area (Å²) in [6.07, 6.45) is 10.3. The number of H-pyrrole nitrogens is 1. The van der Waals surface area contributed by atoms with Gasteiger partial charge in [-0.05, 0) is 44.9 Å². The minimum Gasteiger partial charge on any atom is -0.392 e. The molecule has 1 fully saturated rings. The third-order valence-electron chi connectivity index (χ3n) is 3.48. The molecule has 0 aliphatic heterocycles. The first-order chi connectivity index (χ1) is 7.93. The van der Waals surface area contributed by atoms with E-state index in [9.17, 15) is 0 Å². The molecule has 0 radical (unpaired) electrons. The van der Waals surface area contributed by atoms with Crippen LogP contribution in [0.5, 0.6) is 0 Å². The molecule has 4 nitrogen and oxygen atoms in total. The molecule has 1 saturated carbocycles. The summed E-state index contributed by atoms with van der Waals surface area (Å²) in [5, 5.41) is 11.4. The van der Waals surface area contributed by atoms with Crippen LogP contribution < -0.4 is 0 Å². The van der Waals surface area contributed by atoms with E-state index in [1.165, 1.54) is 18.5 Å². The summed E-state index contributed by atoms with van der Waals surface area (Å²) in [6, 6.07) is 0. The van der Waals surface area contributed by atoms with Crippen LogP contribution in [0.4, 0.5) is 0 Å². The molecule has 0 unspecified atom stereocenters. The fourth-order valence-electron chi connectivity index (χ4n) is 2.55. The zero-order chi connectivity index (χ0) is 10.8. The van der Waals surface area contributed by atoms with Crippen LogP contribution in [0.25, 0.3) is 0 Å². The summed E-state index contributed by atoms with van der Waals surface area (Å²) in [6.45, 7) is 0. The van der Waals surface area contributed by atoms with Crippen LogP contribution in [0.1, 0.15) is 49.8 Å². The SMILES string of the molecule is c1n[nH]c2c1C(=NOC1CCCC1)CCC2. The number of hydrogen-bond donors (Lipinski definition) is 1. The topological polar surface area (TPSA) is 50.3 Å². The van der Waals surface area contributed by atoms with Gasteiger partial charge in [-0.25, -0.2) is 0 Å². The molecule has 2 aliphatic carbocycles. The molecule has 16 heavy (non-hydrogen) atoms. The molecule has 3 rings (SSSR count). The fraction of sp³-hybridized carbons (Fsp3) is 0.667. The van der Waals surface area contributed by atoms with Crippen molar-refractivity contribution >= 4 is 5.71 Å². The average molecular weight is 219 g/mol. The Morgan fingerprint density at radius 1 is 1.25 bits per heavy atom. The highest BCUT2D eigenvalue weighted by Gasteiger charge is 2.20. The number of nitrogens with zero attached hydrogens (tertiary/aromatic N) is 2. The number of aromatic amines is 1. The van der Waals surface area contributed by atoms with Gasteiger partial charge in [-0.3, -0.25) is 5.10 Å². The zero-order valence-electron chi connectivity index (χ0n) is 9.41. The Morgan fingerprint density at radius 2 is 2.12 bits per heavy atom. The lowest BCUT2D eigenvalue weighted by atomic mass is 9.96. The van der Waals surface area contributed by atoms with Crippen molar-refractivity contribution in [2.45, 2.75) is 51.0 Å². The molecule has 0 spiro atoms. The zero-order valence-corrected chi connectivity index (χ0v) is 9.41. The average Bonchev–Trinajstić information content (AvgIpc) is 2.97. The van der Waals surface area contributed by atoms with Crippen molar-refractivity contribution in [3.8, 4) is 0 Å². The number of fused-ring (bicyclic) bond motifs is 1. The van der Waals surface area contributed by atoms with E-state index in [0.29, 0.717) is 6.10 Å². The highest BCUT2D eigenvalue weighted by atomic mass is 16.6. The predicted molar refractivity (Wildman–Crippen MR) is 61.4 cm³/mol. The van der Waals surface area contributed by atoms with E-state index in [0.717, 1.165) is 43.4 Å². The van der Waals surface area contributed by atoms with Crippen LogP contribution in [0.15, 0.2) is 11.4 Å². The van der Waals surface area contributed by atoms with E-state index < -0.39 is 0 Å². The molecule has 0 atom stereocenters. The minimum absolute atomic E-state index is 0.352. The van der Waals surface area contributed by atoms with Crippen molar-refractivity contribution in [3.63, 3.8) is 0 Å². The molecular formula is C12H17N3O. The lowest BCUT2D eigenvalue weighted by Crippen LogP contribution is -2.13. The summed E-state index contributed by atoms with van der Waals surface area (Å²) >= 11 is 0. The molecule has 0 saturated heterocycles. The summed E-state index contributed by atoms with van der Waals surface area (Å²) in [5.41, 5.74) is 3.44. The van der Waals surface area contributed by atoms with Crippen LogP contribution >= 0.6 is 0 Å². The Bertz CT molecular complexity index is 391. The van der Waals surface area contributed by atoms with Gasteiger partial charge in [0.05, 0.1) is 11.9 Å². The van der Waals surface area contributed by atoms with Crippen LogP contribution in [-0.2, 0) is 11.3 Å². The van der Waals surface area contributed by atoms with Crippen molar-refractivity contribution in [2.24, 2.45) is 5.16 Å². The highest BCUT2D eigenvalue weighted by Crippen LogP contribution is 2.23. The third kappa shape index (κ3) is 1.84. The Balaban J connectivity index is 1.73. The summed E-state index contributed by atoms with van der Waals surface area (Å²) < 4.78 is 0. The van der Waals surface area contributed by atoms with E-state index in [1.807, 2.05) is 6.20 Å². The lowest BCUT2D eigenvalue weighted by Gasteiger charge is -2.14. The molecule has 0 bridgehead atoms. The van der Waals surface area contributed by atoms with E-state index in [-0.39, 0.29) is 0 Å². The molecule has 2 aliphatic rings. The largest absolute Gasteiger partial charge is 0.392 e. The second-order valence-corrected chi connectivity index (χ2v) is 4.67. The maximum atomic E-state index is 5.61. The highest BCUT2D eigenvalue weighted by molar-refractivity contribution is 6.01. The van der Waals surface area contributed by atoms with Crippen molar-refractivity contribution in [1.82, 2.24) is 10.2 Å². The molecule has 1 aromatic rings. The number of oxime groups is 1. The minimum atomic E-state index is 0.352. The normalized spacial score (nSPS) is 23.6. The van der Waals surface area contributed by atoms with Crippen LogP contribution in [0.2, 0.25) is 0 Å². The van der Waals surface area contributed by atoms with Gasteiger partial charge in [0.25, 0.3) is 0 Å². The molecule has 86 valence electrons. The van der Waals surface area contributed by atoms with Gasteiger partial charge in [-0.2, -0.15) is 5.10 Å². The Kier molecular flexibility index (Phi) is 2.64. The maximum absolute atomic E-state index is 5.61. The molecule has 4 heteroatoms. The smallest absolute Gasteiger partial charge is 0.127 e. The summed E-state index contributed by atoms with van der Waals surface area (Å²) in [5.74, 6) is 0. The quantitative estimate of drug-likeness (QED) is 0.776. The van der Waals surface area contributed by atoms with E-state index in [4.69, 9.17) is 4.84 Å². The predicted octanol–water partition coefficient (Wildman–Crippen LogP) is 2.41. The standard InChI is InChI=1S/C12H17N3O/c1-2-5-9(4-1)16-15-12-7-3-6-11-10(12)8-13-14-11/h8-9H,1-7H2,(H,13,14). The molecule has 1 N–H and O–H groups in total. The Labute approximate surface area is 95.1 Å². The van der Waals surface area contributed by atoms with Crippen molar-refractivity contribution in [1.29, 1.82) is 0 Å². The molecule has 0 aromatic carbocycles. The van der Waals surface area contributed by atoms with E-state index >= 15 is 0 Å². The summed E-state index contributed by atoms with van der Waals surface area (Å²) in [7, 11) is 0. The van der Waals surface area contributed by atoms with Gasteiger partial charge in [0.2, 0.25) is 0 Å². The Hall–Kier alpha value is -1.32.